The van der Waals surface area contributed by atoms with Crippen molar-refractivity contribution < 1.29 is 9.53 Å². The van der Waals surface area contributed by atoms with Gasteiger partial charge < -0.3 is 9.64 Å². The third kappa shape index (κ3) is 2.42. The highest BCUT2D eigenvalue weighted by molar-refractivity contribution is 6.07. The molecule has 0 aliphatic carbocycles. The number of hydrogen-bond acceptors (Lipinski definition) is 3. The average molecular weight is 292 g/mol. The first-order valence-electron chi connectivity index (χ1n) is 7.22. The van der Waals surface area contributed by atoms with Crippen molar-refractivity contribution in [3.05, 3.63) is 59.2 Å². The van der Waals surface area contributed by atoms with Crippen molar-refractivity contribution in [3.8, 4) is 11.8 Å². The largest absolute Gasteiger partial charge is 0.495 e. The van der Waals surface area contributed by atoms with Crippen LogP contribution in [0.3, 0.4) is 0 Å². The Hall–Kier alpha value is -2.80. The van der Waals surface area contributed by atoms with Gasteiger partial charge in [-0.15, -0.1) is 0 Å². The molecule has 2 aromatic rings. The van der Waals surface area contributed by atoms with Gasteiger partial charge >= 0.3 is 0 Å². The number of methoxy groups -OCH3 is 1. The van der Waals surface area contributed by atoms with E-state index in [2.05, 4.69) is 6.07 Å². The quantitative estimate of drug-likeness (QED) is 0.854. The zero-order valence-electron chi connectivity index (χ0n) is 12.4. The Bertz CT molecular complexity index is 730. The van der Waals surface area contributed by atoms with Crippen LogP contribution in [-0.4, -0.2) is 19.6 Å². The molecule has 0 saturated heterocycles. The summed E-state index contributed by atoms with van der Waals surface area (Å²) < 4.78 is 5.43. The van der Waals surface area contributed by atoms with Crippen molar-refractivity contribution in [1.29, 1.82) is 5.26 Å². The lowest BCUT2D eigenvalue weighted by Gasteiger charge is -2.31. The highest BCUT2D eigenvalue weighted by atomic mass is 16.5. The van der Waals surface area contributed by atoms with E-state index in [-0.39, 0.29) is 5.91 Å². The van der Waals surface area contributed by atoms with Gasteiger partial charge in [-0.05, 0) is 48.7 Å². The lowest BCUT2D eigenvalue weighted by Crippen LogP contribution is -2.35. The van der Waals surface area contributed by atoms with Gasteiger partial charge in [0.1, 0.15) is 5.75 Å². The molecular weight excluding hydrogens is 276 g/mol. The van der Waals surface area contributed by atoms with E-state index in [0.29, 0.717) is 17.7 Å². The number of carbonyl (C=O) groups excluding carboxylic acids is 1. The average Bonchev–Trinajstić information content (AvgIpc) is 2.60. The standard InChI is InChI=1S/C18H16N2O2/c1-22-16-6-2-4-14-5-3-11-20(17(14)16)18(21)15-9-7-13(12-19)8-10-15/h2,4,6-10H,3,5,11H2,1H3. The smallest absolute Gasteiger partial charge is 0.258 e. The van der Waals surface area contributed by atoms with Crippen LogP contribution >= 0.6 is 0 Å². The van der Waals surface area contributed by atoms with Crippen molar-refractivity contribution in [3.63, 3.8) is 0 Å². The van der Waals surface area contributed by atoms with Crippen LogP contribution in [0.4, 0.5) is 5.69 Å². The monoisotopic (exact) mass is 292 g/mol. The topological polar surface area (TPSA) is 53.3 Å². The predicted molar refractivity (Wildman–Crippen MR) is 84.1 cm³/mol. The van der Waals surface area contributed by atoms with Gasteiger partial charge in [-0.2, -0.15) is 5.26 Å². The number of benzene rings is 2. The lowest BCUT2D eigenvalue weighted by molar-refractivity contribution is 0.0984. The number of nitriles is 1. The zero-order valence-corrected chi connectivity index (χ0v) is 12.4. The summed E-state index contributed by atoms with van der Waals surface area (Å²) in [5.41, 5.74) is 3.13. The van der Waals surface area contributed by atoms with E-state index in [0.717, 1.165) is 29.8 Å². The molecule has 0 bridgehead atoms. The second-order valence-electron chi connectivity index (χ2n) is 5.22. The summed E-state index contributed by atoms with van der Waals surface area (Å²) in [6, 6.07) is 14.7. The third-order valence-electron chi connectivity index (χ3n) is 3.91. The van der Waals surface area contributed by atoms with E-state index in [9.17, 15) is 4.79 Å². The number of para-hydroxylation sites is 1. The molecule has 0 N–H and O–H groups in total. The molecule has 0 saturated carbocycles. The van der Waals surface area contributed by atoms with E-state index in [4.69, 9.17) is 10.00 Å². The maximum absolute atomic E-state index is 12.8. The van der Waals surface area contributed by atoms with E-state index < -0.39 is 0 Å². The Balaban J connectivity index is 1.99. The van der Waals surface area contributed by atoms with Crippen LogP contribution in [0.25, 0.3) is 0 Å². The SMILES string of the molecule is COc1cccc2c1N(C(=O)c1ccc(C#N)cc1)CCC2. The number of rotatable bonds is 2. The first-order chi connectivity index (χ1) is 10.7. The van der Waals surface area contributed by atoms with Crippen LogP contribution in [-0.2, 0) is 6.42 Å². The maximum atomic E-state index is 12.8. The number of hydrogen-bond donors (Lipinski definition) is 0. The predicted octanol–water partition coefficient (Wildman–Crippen LogP) is 3.16. The van der Waals surface area contributed by atoms with E-state index in [1.807, 2.05) is 18.2 Å². The number of carbonyl (C=O) groups is 1. The molecule has 0 fully saturated rings. The minimum atomic E-state index is -0.0602. The van der Waals surface area contributed by atoms with Crippen LogP contribution in [0.2, 0.25) is 0 Å². The summed E-state index contributed by atoms with van der Waals surface area (Å²) in [4.78, 5) is 14.6. The zero-order chi connectivity index (χ0) is 15.5. The molecular formula is C18H16N2O2. The minimum Gasteiger partial charge on any atom is -0.495 e. The van der Waals surface area contributed by atoms with Crippen molar-refractivity contribution >= 4 is 11.6 Å². The van der Waals surface area contributed by atoms with Gasteiger partial charge in [0, 0.05) is 12.1 Å². The first-order valence-corrected chi connectivity index (χ1v) is 7.22. The molecule has 22 heavy (non-hydrogen) atoms. The molecule has 0 unspecified atom stereocenters. The fraction of sp³-hybridized carbons (Fsp3) is 0.222. The number of anilines is 1. The Morgan fingerprint density at radius 3 is 2.68 bits per heavy atom. The van der Waals surface area contributed by atoms with Crippen molar-refractivity contribution in [2.24, 2.45) is 0 Å². The molecule has 110 valence electrons. The van der Waals surface area contributed by atoms with Gasteiger partial charge in [-0.25, -0.2) is 0 Å². The maximum Gasteiger partial charge on any atom is 0.258 e. The van der Waals surface area contributed by atoms with Gasteiger partial charge in [0.2, 0.25) is 0 Å². The normalized spacial score (nSPS) is 13.2. The summed E-state index contributed by atoms with van der Waals surface area (Å²) in [5, 5.41) is 8.85. The van der Waals surface area contributed by atoms with E-state index in [1.165, 1.54) is 0 Å². The van der Waals surface area contributed by atoms with Crippen molar-refractivity contribution in [2.45, 2.75) is 12.8 Å². The summed E-state index contributed by atoms with van der Waals surface area (Å²) >= 11 is 0. The van der Waals surface area contributed by atoms with Crippen LogP contribution in [0.1, 0.15) is 27.9 Å². The Morgan fingerprint density at radius 1 is 1.23 bits per heavy atom. The molecule has 3 rings (SSSR count). The molecule has 1 amide bonds. The van der Waals surface area contributed by atoms with Crippen molar-refractivity contribution in [2.75, 3.05) is 18.6 Å². The highest BCUT2D eigenvalue weighted by Gasteiger charge is 2.26. The summed E-state index contributed by atoms with van der Waals surface area (Å²) in [5.74, 6) is 0.661. The summed E-state index contributed by atoms with van der Waals surface area (Å²) in [6.45, 7) is 0.673. The molecule has 4 heteroatoms. The summed E-state index contributed by atoms with van der Waals surface area (Å²) in [7, 11) is 1.62. The van der Waals surface area contributed by atoms with Crippen LogP contribution < -0.4 is 9.64 Å². The molecule has 0 spiro atoms. The third-order valence-corrected chi connectivity index (χ3v) is 3.91. The molecule has 0 atom stereocenters. The molecule has 1 heterocycles. The van der Waals surface area contributed by atoms with Crippen LogP contribution in [0.5, 0.6) is 5.75 Å². The van der Waals surface area contributed by atoms with Gasteiger partial charge in [0.25, 0.3) is 5.91 Å². The van der Waals surface area contributed by atoms with E-state index >= 15 is 0 Å². The fourth-order valence-corrected chi connectivity index (χ4v) is 2.83. The molecule has 1 aliphatic heterocycles. The molecule has 0 aromatic heterocycles. The van der Waals surface area contributed by atoms with E-state index in [1.54, 1.807) is 36.3 Å². The van der Waals surface area contributed by atoms with Gasteiger partial charge in [-0.1, -0.05) is 12.1 Å². The van der Waals surface area contributed by atoms with Crippen molar-refractivity contribution in [1.82, 2.24) is 0 Å². The Kier molecular flexibility index (Phi) is 3.80. The highest BCUT2D eigenvalue weighted by Crippen LogP contribution is 2.36. The minimum absolute atomic E-state index is 0.0602. The number of aryl methyl sites for hydroxylation is 1. The second kappa shape index (κ2) is 5.90. The van der Waals surface area contributed by atoms with Gasteiger partial charge in [-0.3, -0.25) is 4.79 Å². The number of fused-ring (bicyclic) bond motifs is 1. The summed E-state index contributed by atoms with van der Waals surface area (Å²) in [6.07, 6.45) is 1.88. The lowest BCUT2D eigenvalue weighted by atomic mass is 10.00. The fourth-order valence-electron chi connectivity index (χ4n) is 2.83. The molecule has 1 aliphatic rings. The second-order valence-corrected chi connectivity index (χ2v) is 5.22. The molecule has 4 nitrogen and oxygen atoms in total. The Morgan fingerprint density at radius 2 is 2.00 bits per heavy atom. The first kappa shape index (κ1) is 14.2. The number of nitrogens with zero attached hydrogens (tertiary/aromatic N) is 2. The van der Waals surface area contributed by atoms with Gasteiger partial charge in [0.15, 0.2) is 0 Å². The molecule has 2 aromatic carbocycles. The Labute approximate surface area is 129 Å². The van der Waals surface area contributed by atoms with Crippen LogP contribution in [0.15, 0.2) is 42.5 Å². The van der Waals surface area contributed by atoms with Crippen LogP contribution in [0, 0.1) is 11.3 Å². The number of amides is 1. The van der Waals surface area contributed by atoms with Gasteiger partial charge in [0.05, 0.1) is 24.4 Å². The number of ether oxygens (including phenoxy) is 1. The molecule has 0 radical (unpaired) electrons.